The number of hydrogen-bond acceptors (Lipinski definition) is 4. The van der Waals surface area contributed by atoms with Crippen LogP contribution in [0.25, 0.3) is 27.9 Å². The summed E-state index contributed by atoms with van der Waals surface area (Å²) in [6, 6.07) is 9.05. The molecule has 0 saturated carbocycles. The third-order valence-electron chi connectivity index (χ3n) is 5.28. The van der Waals surface area contributed by atoms with Crippen molar-refractivity contribution in [2.75, 3.05) is 26.0 Å². The Morgan fingerprint density at radius 2 is 1.70 bits per heavy atom. The number of aromatic nitrogens is 1. The van der Waals surface area contributed by atoms with E-state index in [-0.39, 0.29) is 0 Å². The zero-order valence-corrected chi connectivity index (χ0v) is 17.1. The molecule has 0 radical (unpaired) electrons. The van der Waals surface area contributed by atoms with E-state index in [1.807, 2.05) is 6.92 Å². The first-order chi connectivity index (χ1) is 12.8. The van der Waals surface area contributed by atoms with Crippen molar-refractivity contribution in [2.24, 2.45) is 12.1 Å². The number of hydrazone groups is 1. The fourth-order valence-electron chi connectivity index (χ4n) is 4.09. The van der Waals surface area contributed by atoms with Crippen molar-refractivity contribution in [3.05, 3.63) is 46.7 Å². The fourth-order valence-corrected chi connectivity index (χ4v) is 4.09. The molecule has 3 aromatic rings. The van der Waals surface area contributed by atoms with Crippen molar-refractivity contribution in [3.63, 3.8) is 0 Å². The molecular formula is C22H26N4O. The van der Waals surface area contributed by atoms with Gasteiger partial charge in [0.25, 0.3) is 0 Å². The maximum atomic E-state index is 5.66. The van der Waals surface area contributed by atoms with Crippen molar-refractivity contribution < 1.29 is 4.84 Å². The molecule has 4 rings (SSSR count). The number of benzene rings is 2. The van der Waals surface area contributed by atoms with Gasteiger partial charge < -0.3 is 14.3 Å². The number of hydroxylamine groups is 1. The van der Waals surface area contributed by atoms with Crippen LogP contribution in [0, 0.1) is 13.8 Å². The second kappa shape index (κ2) is 6.05. The van der Waals surface area contributed by atoms with Gasteiger partial charge in [-0.1, -0.05) is 0 Å². The topological polar surface area (TPSA) is 33.0 Å². The highest BCUT2D eigenvalue weighted by molar-refractivity contribution is 6.11. The van der Waals surface area contributed by atoms with Gasteiger partial charge in [-0.2, -0.15) is 0 Å². The Kier molecular flexibility index (Phi) is 3.91. The molecule has 0 fully saturated rings. The van der Waals surface area contributed by atoms with Gasteiger partial charge in [0.05, 0.1) is 18.1 Å². The number of fused-ring (bicyclic) bond motifs is 3. The van der Waals surface area contributed by atoms with Crippen LogP contribution in [-0.2, 0) is 11.9 Å². The molecular weight excluding hydrogens is 336 g/mol. The highest BCUT2D eigenvalue weighted by Gasteiger charge is 2.17. The molecule has 0 spiro atoms. The second-order valence-electron chi connectivity index (χ2n) is 7.59. The average Bonchev–Trinajstić information content (AvgIpc) is 3.03. The Balaban J connectivity index is 1.97. The number of rotatable bonds is 2. The zero-order valence-electron chi connectivity index (χ0n) is 17.1. The van der Waals surface area contributed by atoms with Crippen molar-refractivity contribution in [3.8, 4) is 0 Å². The summed E-state index contributed by atoms with van der Waals surface area (Å²) in [7, 11) is 8.13. The quantitative estimate of drug-likeness (QED) is 0.667. The molecule has 0 N–H and O–H groups in total. The van der Waals surface area contributed by atoms with Crippen molar-refractivity contribution in [1.82, 2.24) is 9.74 Å². The molecule has 0 bridgehead atoms. The molecule has 2 aromatic carbocycles. The van der Waals surface area contributed by atoms with E-state index >= 15 is 0 Å². The Hall–Kier alpha value is -2.95. The van der Waals surface area contributed by atoms with E-state index in [1.54, 1.807) is 7.05 Å². The Labute approximate surface area is 160 Å². The second-order valence-corrected chi connectivity index (χ2v) is 7.59. The van der Waals surface area contributed by atoms with Crippen LogP contribution in [0.4, 0.5) is 5.69 Å². The standard InChI is InChI=1S/C22H26N4O/c1-13-9-17-18-10-16(11-21-15(3)23-26(7)27-21)8-14(2)22(18)25(6)20(17)12-19(13)24(4)5/h8-12H,1-7H3. The van der Waals surface area contributed by atoms with Gasteiger partial charge in [-0.25, -0.2) is 0 Å². The van der Waals surface area contributed by atoms with E-state index in [9.17, 15) is 0 Å². The lowest BCUT2D eigenvalue weighted by molar-refractivity contribution is -0.0695. The predicted octanol–water partition coefficient (Wildman–Crippen LogP) is 4.61. The summed E-state index contributed by atoms with van der Waals surface area (Å²) in [5.74, 6) is 0.794. The predicted molar refractivity (Wildman–Crippen MR) is 114 cm³/mol. The molecule has 5 heteroatoms. The molecule has 5 nitrogen and oxygen atoms in total. The number of aryl methyl sites for hydroxylation is 3. The normalized spacial score (nSPS) is 15.7. The van der Waals surface area contributed by atoms with Crippen molar-refractivity contribution in [2.45, 2.75) is 20.8 Å². The summed E-state index contributed by atoms with van der Waals surface area (Å²) in [4.78, 5) is 7.84. The summed E-state index contributed by atoms with van der Waals surface area (Å²) >= 11 is 0. The molecule has 27 heavy (non-hydrogen) atoms. The third-order valence-corrected chi connectivity index (χ3v) is 5.28. The van der Waals surface area contributed by atoms with Gasteiger partial charge in [-0.05, 0) is 67.8 Å². The number of anilines is 1. The average molecular weight is 362 g/mol. The molecule has 140 valence electrons. The largest absolute Gasteiger partial charge is 0.377 e. The van der Waals surface area contributed by atoms with Gasteiger partial charge in [-0.15, -0.1) is 10.3 Å². The lowest BCUT2D eigenvalue weighted by Gasteiger charge is -2.16. The third kappa shape index (κ3) is 2.74. The fraction of sp³-hybridized carbons (Fsp3) is 0.318. The van der Waals surface area contributed by atoms with Crippen LogP contribution in [0.15, 0.2) is 35.1 Å². The molecule has 1 aromatic heterocycles. The first kappa shape index (κ1) is 17.5. The molecule has 0 aliphatic carbocycles. The Morgan fingerprint density at radius 1 is 0.963 bits per heavy atom. The zero-order chi connectivity index (χ0) is 19.5. The highest BCUT2D eigenvalue weighted by Crippen LogP contribution is 2.35. The monoisotopic (exact) mass is 362 g/mol. The minimum atomic E-state index is 0.794. The van der Waals surface area contributed by atoms with E-state index in [0.717, 1.165) is 17.0 Å². The van der Waals surface area contributed by atoms with Crippen LogP contribution in [0.2, 0.25) is 0 Å². The van der Waals surface area contributed by atoms with E-state index in [2.05, 4.69) is 79.9 Å². The summed E-state index contributed by atoms with van der Waals surface area (Å²) in [5.41, 5.74) is 8.33. The molecule has 2 heterocycles. The van der Waals surface area contributed by atoms with Gasteiger partial charge in [0.1, 0.15) is 5.71 Å². The Morgan fingerprint density at radius 3 is 2.33 bits per heavy atom. The molecule has 0 unspecified atom stereocenters. The van der Waals surface area contributed by atoms with Crippen LogP contribution in [0.5, 0.6) is 0 Å². The molecule has 1 aliphatic heterocycles. The minimum absolute atomic E-state index is 0.794. The van der Waals surface area contributed by atoms with E-state index in [4.69, 9.17) is 4.84 Å². The maximum absolute atomic E-state index is 5.66. The molecule has 0 amide bonds. The van der Waals surface area contributed by atoms with Crippen LogP contribution in [0.3, 0.4) is 0 Å². The van der Waals surface area contributed by atoms with E-state index in [1.165, 1.54) is 43.8 Å². The Bertz CT molecular complexity index is 1130. The number of hydrogen-bond donors (Lipinski definition) is 0. The van der Waals surface area contributed by atoms with Crippen LogP contribution in [-0.4, -0.2) is 36.6 Å². The minimum Gasteiger partial charge on any atom is -0.377 e. The summed E-state index contributed by atoms with van der Waals surface area (Å²) in [6.07, 6.45) is 2.06. The summed E-state index contributed by atoms with van der Waals surface area (Å²) < 4.78 is 2.30. The first-order valence-corrected chi connectivity index (χ1v) is 9.16. The van der Waals surface area contributed by atoms with Crippen LogP contribution < -0.4 is 4.90 Å². The lowest BCUT2D eigenvalue weighted by atomic mass is 10.0. The first-order valence-electron chi connectivity index (χ1n) is 9.16. The maximum Gasteiger partial charge on any atom is 0.180 e. The van der Waals surface area contributed by atoms with Crippen molar-refractivity contribution in [1.29, 1.82) is 0 Å². The van der Waals surface area contributed by atoms with Gasteiger partial charge in [0, 0.05) is 37.6 Å². The van der Waals surface area contributed by atoms with Crippen molar-refractivity contribution >= 4 is 39.3 Å². The number of allylic oxidation sites excluding steroid dienone is 1. The van der Waals surface area contributed by atoms with E-state index in [0.29, 0.717) is 0 Å². The number of nitrogens with zero attached hydrogens (tertiary/aromatic N) is 4. The molecule has 0 saturated heterocycles. The smallest absolute Gasteiger partial charge is 0.180 e. The van der Waals surface area contributed by atoms with Crippen LogP contribution >= 0.6 is 0 Å². The van der Waals surface area contributed by atoms with E-state index < -0.39 is 0 Å². The molecule has 1 aliphatic rings. The SMILES string of the molecule is CC1=NN(C)OC1=Cc1cc(C)c2c(c1)c1cc(C)c(N(C)C)cc1n2C. The van der Waals surface area contributed by atoms with Gasteiger partial charge in [0.15, 0.2) is 5.76 Å². The lowest BCUT2D eigenvalue weighted by Crippen LogP contribution is -2.10. The highest BCUT2D eigenvalue weighted by atomic mass is 16.7. The van der Waals surface area contributed by atoms with Gasteiger partial charge in [-0.3, -0.25) is 0 Å². The van der Waals surface area contributed by atoms with Gasteiger partial charge >= 0.3 is 0 Å². The molecule has 0 atom stereocenters. The summed E-state index contributed by atoms with van der Waals surface area (Å²) in [5, 5.41) is 8.35. The summed E-state index contributed by atoms with van der Waals surface area (Å²) in [6.45, 7) is 6.31. The van der Waals surface area contributed by atoms with Gasteiger partial charge in [0.2, 0.25) is 0 Å². The van der Waals surface area contributed by atoms with Crippen LogP contribution in [0.1, 0.15) is 23.6 Å².